The van der Waals surface area contributed by atoms with Gasteiger partial charge in [0.15, 0.2) is 6.29 Å². The summed E-state index contributed by atoms with van der Waals surface area (Å²) in [6.07, 6.45) is -1.02. The summed E-state index contributed by atoms with van der Waals surface area (Å²) in [7, 11) is 3.40. The van der Waals surface area contributed by atoms with Gasteiger partial charge in [0, 0.05) is 46.9 Å². The fourth-order valence-corrected chi connectivity index (χ4v) is 4.24. The summed E-state index contributed by atoms with van der Waals surface area (Å²) < 4.78 is 46.9. The molecule has 1 aliphatic rings. The van der Waals surface area contributed by atoms with E-state index in [4.69, 9.17) is 32.9 Å². The molecule has 0 aromatic heterocycles. The Morgan fingerprint density at radius 3 is 1.54 bits per heavy atom. The van der Waals surface area contributed by atoms with Gasteiger partial charge in [0.2, 0.25) is 0 Å². The maximum absolute atomic E-state index is 7.50. The Bertz CT molecular complexity index is 874. The molecule has 35 heavy (non-hydrogen) atoms. The fraction of sp³-hybridized carbons (Fsp3) is 0.423. The van der Waals surface area contributed by atoms with Crippen LogP contribution in [0.15, 0.2) is 64.4 Å². The Morgan fingerprint density at radius 2 is 1.11 bits per heavy atom. The van der Waals surface area contributed by atoms with Crippen LogP contribution in [0.3, 0.4) is 0 Å². The van der Waals surface area contributed by atoms with Crippen molar-refractivity contribution in [2.75, 3.05) is 14.2 Å². The number of rotatable bonds is 7. The Labute approximate surface area is 223 Å². The molecule has 2 aromatic carbocycles. The first kappa shape index (κ1) is 35.5. The molecule has 0 spiro atoms. The van der Waals surface area contributed by atoms with Crippen LogP contribution in [-0.4, -0.2) is 37.6 Å². The second kappa shape index (κ2) is 17.8. The summed E-state index contributed by atoms with van der Waals surface area (Å²) in [5.41, 5.74) is -0.0179. The molecule has 1 heterocycles. The monoisotopic (exact) mass is 538 g/mol. The van der Waals surface area contributed by atoms with Crippen molar-refractivity contribution in [3.8, 4) is 0 Å². The minimum absolute atomic E-state index is 0. The SMILES string of the molecule is COC(C)(C)[C@@H]1OC(c2ccccc2Sc2ccccc2)O[C@H]1C(C)(C)OC.[C-]#[O+].[C-]#[O+].[C-]#[O+].[Cr]. The first-order valence-corrected chi connectivity index (χ1v) is 10.9. The van der Waals surface area contributed by atoms with Crippen molar-refractivity contribution in [2.45, 2.75) is 67.2 Å². The molecular weight excluding hydrogens is 508 g/mol. The molecule has 3 rings (SSSR count). The molecule has 2 aromatic rings. The summed E-state index contributed by atoms with van der Waals surface area (Å²) in [5, 5.41) is 0. The smallest absolute Gasteiger partial charge is 0 e. The zero-order chi connectivity index (χ0) is 26.4. The van der Waals surface area contributed by atoms with E-state index in [9.17, 15) is 0 Å². The number of benzene rings is 2. The number of ether oxygens (including phenoxy) is 4. The molecule has 7 nitrogen and oxygen atoms in total. The molecule has 0 bridgehead atoms. The minimum atomic E-state index is -0.517. The van der Waals surface area contributed by atoms with Gasteiger partial charge in [-0.1, -0.05) is 48.2 Å². The van der Waals surface area contributed by atoms with Gasteiger partial charge in [-0.15, -0.1) is 0 Å². The van der Waals surface area contributed by atoms with Crippen molar-refractivity contribution in [3.05, 3.63) is 80.1 Å². The summed E-state index contributed by atoms with van der Waals surface area (Å²) in [6, 6.07) is 18.5. The van der Waals surface area contributed by atoms with Crippen LogP contribution in [0.25, 0.3) is 0 Å². The van der Waals surface area contributed by atoms with Crippen molar-refractivity contribution in [3.63, 3.8) is 0 Å². The zero-order valence-corrected chi connectivity index (χ0v) is 22.7. The molecule has 0 aliphatic carbocycles. The minimum Gasteiger partial charge on any atom is 0 e. The average molecular weight is 539 g/mol. The molecular formula is C26H30CrO7S. The van der Waals surface area contributed by atoms with Crippen molar-refractivity contribution >= 4 is 11.8 Å². The van der Waals surface area contributed by atoms with Gasteiger partial charge in [-0.3, -0.25) is 0 Å². The molecule has 0 N–H and O–H groups in total. The van der Waals surface area contributed by atoms with E-state index in [1.54, 1.807) is 26.0 Å². The normalized spacial score (nSPS) is 17.1. The van der Waals surface area contributed by atoms with E-state index in [1.165, 1.54) is 4.90 Å². The maximum Gasteiger partial charge on any atom is 0 e. The summed E-state index contributed by atoms with van der Waals surface area (Å²) >= 11 is 1.71. The summed E-state index contributed by atoms with van der Waals surface area (Å²) in [6.45, 7) is 21.6. The van der Waals surface area contributed by atoms with Gasteiger partial charge >= 0.3 is 33.9 Å². The van der Waals surface area contributed by atoms with Crippen molar-refractivity contribution in [1.29, 1.82) is 0 Å². The molecule has 0 unspecified atom stereocenters. The van der Waals surface area contributed by atoms with Gasteiger partial charge in [0.1, 0.15) is 12.2 Å². The quantitative estimate of drug-likeness (QED) is 0.350. The van der Waals surface area contributed by atoms with Gasteiger partial charge in [0.05, 0.1) is 11.2 Å². The third-order valence-corrected chi connectivity index (χ3v) is 6.48. The topological polar surface area (TPSA) is 96.6 Å². The van der Waals surface area contributed by atoms with Crippen molar-refractivity contribution in [2.24, 2.45) is 0 Å². The molecule has 1 saturated heterocycles. The average Bonchev–Trinajstić information content (AvgIpc) is 3.36. The van der Waals surface area contributed by atoms with E-state index in [-0.39, 0.29) is 29.6 Å². The van der Waals surface area contributed by atoms with E-state index >= 15 is 0 Å². The number of hydrogen-bond donors (Lipinski definition) is 0. The van der Waals surface area contributed by atoms with Crippen LogP contribution < -0.4 is 0 Å². The first-order valence-electron chi connectivity index (χ1n) is 10.1. The molecule has 9 heteroatoms. The number of hydrogen-bond acceptors (Lipinski definition) is 5. The Morgan fingerprint density at radius 1 is 0.714 bits per heavy atom. The Kier molecular flexibility index (Phi) is 18.0. The molecule has 188 valence electrons. The second-order valence-electron chi connectivity index (χ2n) is 8.01. The van der Waals surface area contributed by atoms with Crippen molar-refractivity contribution in [1.82, 2.24) is 0 Å². The second-order valence-corrected chi connectivity index (χ2v) is 9.13. The van der Waals surface area contributed by atoms with Crippen LogP contribution in [0.4, 0.5) is 0 Å². The van der Waals surface area contributed by atoms with Crippen LogP contribution in [0.1, 0.15) is 39.5 Å². The Balaban J connectivity index is 0. The van der Waals surface area contributed by atoms with E-state index in [1.807, 2.05) is 58.0 Å². The number of methoxy groups -OCH3 is 2. The van der Waals surface area contributed by atoms with Crippen LogP contribution in [-0.2, 0) is 50.3 Å². The standard InChI is InChI=1S/C23H30O4S.3CO.Cr/c1-22(2,24-5)19-20(23(3,4)25-6)27-21(26-19)17-14-10-11-15-18(17)28-16-12-8-7-9-13-16;3*1-2;/h7-15,19-21H,1-6H3;;;;/t19-,20-;;;;/m1..../s1. The molecule has 0 radical (unpaired) electrons. The van der Waals surface area contributed by atoms with E-state index in [2.05, 4.69) is 44.2 Å². The first-order chi connectivity index (χ1) is 16.3. The van der Waals surface area contributed by atoms with Gasteiger partial charge in [-0.05, 0) is 45.9 Å². The zero-order valence-electron chi connectivity index (χ0n) is 20.6. The predicted octanol–water partition coefficient (Wildman–Crippen LogP) is 5.36. The van der Waals surface area contributed by atoms with Crippen molar-refractivity contribution < 1.29 is 50.3 Å². The molecule has 1 fully saturated rings. The van der Waals surface area contributed by atoms with Gasteiger partial charge in [-0.2, -0.15) is 0 Å². The maximum atomic E-state index is 7.50. The third-order valence-electron chi connectivity index (χ3n) is 5.38. The van der Waals surface area contributed by atoms with E-state index < -0.39 is 17.5 Å². The molecule has 2 atom stereocenters. The van der Waals surface area contributed by atoms with E-state index in [0.717, 1.165) is 10.5 Å². The fourth-order valence-electron chi connectivity index (χ4n) is 3.26. The van der Waals surface area contributed by atoms with Crippen LogP contribution >= 0.6 is 11.8 Å². The van der Waals surface area contributed by atoms with Crippen LogP contribution in [0, 0.1) is 20.0 Å². The predicted molar refractivity (Wildman–Crippen MR) is 123 cm³/mol. The largest absolute Gasteiger partial charge is 0 e. The summed E-state index contributed by atoms with van der Waals surface area (Å²) in [4.78, 5) is 2.29. The van der Waals surface area contributed by atoms with Gasteiger partial charge in [-0.25, -0.2) is 0 Å². The van der Waals surface area contributed by atoms with Gasteiger partial charge < -0.3 is 18.9 Å². The Hall–Kier alpha value is -1.62. The van der Waals surface area contributed by atoms with Crippen LogP contribution in [0.2, 0.25) is 0 Å². The van der Waals surface area contributed by atoms with E-state index in [0.29, 0.717) is 0 Å². The third kappa shape index (κ3) is 9.75. The van der Waals surface area contributed by atoms with Gasteiger partial charge in [0.25, 0.3) is 0 Å². The summed E-state index contributed by atoms with van der Waals surface area (Å²) in [5.74, 6) is 0. The molecule has 1 aliphatic heterocycles. The van der Waals surface area contributed by atoms with Crippen LogP contribution in [0.5, 0.6) is 0 Å². The molecule has 0 amide bonds. The molecule has 0 saturated carbocycles.